The Hall–Kier alpha value is -1.68. The molecular formula is C9H7ClN2O2. The maximum absolute atomic E-state index is 9.27. The Morgan fingerprint density at radius 3 is 2.57 bits per heavy atom. The Morgan fingerprint density at radius 1 is 1.21 bits per heavy atom. The van der Waals surface area contributed by atoms with E-state index in [4.69, 9.17) is 16.7 Å². The molecule has 0 fully saturated rings. The third-order valence-corrected chi connectivity index (χ3v) is 1.94. The fourth-order valence-corrected chi connectivity index (χ4v) is 1.40. The van der Waals surface area contributed by atoms with Gasteiger partial charge in [0.05, 0.1) is 6.20 Å². The van der Waals surface area contributed by atoms with Crippen molar-refractivity contribution in [1.29, 1.82) is 0 Å². The molecule has 2 aromatic rings. The number of H-pyrrole nitrogens is 1. The minimum absolute atomic E-state index is 0.0283. The smallest absolute Gasteiger partial charge is 0.208 e. The summed E-state index contributed by atoms with van der Waals surface area (Å²) >= 11 is 5.74. The van der Waals surface area contributed by atoms with E-state index in [9.17, 15) is 5.11 Å². The van der Waals surface area contributed by atoms with Crippen LogP contribution in [0.1, 0.15) is 0 Å². The number of aromatic amines is 1. The monoisotopic (exact) mass is 210 g/mol. The molecule has 2 rings (SSSR count). The van der Waals surface area contributed by atoms with Gasteiger partial charge >= 0.3 is 0 Å². The van der Waals surface area contributed by atoms with Gasteiger partial charge in [-0.15, -0.1) is 0 Å². The number of rotatable bonds is 1. The molecule has 4 nitrogen and oxygen atoms in total. The Balaban J connectivity index is 2.51. The van der Waals surface area contributed by atoms with Crippen molar-refractivity contribution in [3.63, 3.8) is 0 Å². The molecule has 0 spiro atoms. The lowest BCUT2D eigenvalue weighted by Gasteiger charge is -1.99. The van der Waals surface area contributed by atoms with E-state index < -0.39 is 0 Å². The first-order valence-corrected chi connectivity index (χ1v) is 4.27. The second-order valence-corrected chi connectivity index (χ2v) is 3.25. The van der Waals surface area contributed by atoms with E-state index in [1.807, 2.05) is 0 Å². The topological polar surface area (TPSA) is 69.1 Å². The number of hydrogen-bond acceptors (Lipinski definition) is 3. The Bertz CT molecular complexity index is 447. The average molecular weight is 211 g/mol. The van der Waals surface area contributed by atoms with Crippen LogP contribution in [-0.2, 0) is 0 Å². The summed E-state index contributed by atoms with van der Waals surface area (Å²) < 4.78 is 0. The highest BCUT2D eigenvalue weighted by molar-refractivity contribution is 6.31. The van der Waals surface area contributed by atoms with Gasteiger partial charge in [-0.1, -0.05) is 11.6 Å². The minimum atomic E-state index is -0.0283. The lowest BCUT2D eigenvalue weighted by atomic mass is 10.2. The lowest BCUT2D eigenvalue weighted by molar-refractivity contribution is 0.457. The average Bonchev–Trinajstić information content (AvgIpc) is 2.50. The number of aromatic hydroxyl groups is 2. The number of hydrogen-bond donors (Lipinski definition) is 3. The molecule has 14 heavy (non-hydrogen) atoms. The molecule has 0 saturated carbocycles. The lowest BCUT2D eigenvalue weighted by Crippen LogP contribution is -1.80. The van der Waals surface area contributed by atoms with E-state index >= 15 is 0 Å². The minimum Gasteiger partial charge on any atom is -0.508 e. The first-order chi connectivity index (χ1) is 6.65. The first-order valence-electron chi connectivity index (χ1n) is 3.89. The van der Waals surface area contributed by atoms with Crippen molar-refractivity contribution in [2.24, 2.45) is 0 Å². The summed E-state index contributed by atoms with van der Waals surface area (Å²) in [6.07, 6.45) is 1.29. The summed E-state index contributed by atoms with van der Waals surface area (Å²) in [5.74, 6) is 0.489. The predicted molar refractivity (Wildman–Crippen MR) is 52.4 cm³/mol. The second-order valence-electron chi connectivity index (χ2n) is 2.82. The zero-order valence-corrected chi connectivity index (χ0v) is 7.78. The zero-order chi connectivity index (χ0) is 10.1. The van der Waals surface area contributed by atoms with E-state index in [2.05, 4.69) is 9.97 Å². The van der Waals surface area contributed by atoms with Crippen molar-refractivity contribution in [1.82, 2.24) is 9.97 Å². The van der Waals surface area contributed by atoms with Crippen molar-refractivity contribution in [3.8, 4) is 23.0 Å². The highest BCUT2D eigenvalue weighted by Crippen LogP contribution is 2.26. The molecule has 0 aliphatic carbocycles. The van der Waals surface area contributed by atoms with Crippen molar-refractivity contribution in [3.05, 3.63) is 29.4 Å². The highest BCUT2D eigenvalue weighted by Gasteiger charge is 2.05. The number of halogens is 1. The van der Waals surface area contributed by atoms with E-state index in [1.165, 1.54) is 18.3 Å². The number of aromatic nitrogens is 2. The van der Waals surface area contributed by atoms with Gasteiger partial charge in [0.1, 0.15) is 11.6 Å². The molecule has 0 aliphatic rings. The van der Waals surface area contributed by atoms with Gasteiger partial charge in [-0.05, 0) is 18.2 Å². The van der Waals surface area contributed by atoms with Crippen LogP contribution in [-0.4, -0.2) is 20.2 Å². The standard InChI is InChI=1S/C9H7ClN2O2/c10-6-1-5(2-7(13)3-6)9-11-4-8(14)12-9/h1-4,13-14H,(H,11,12). The van der Waals surface area contributed by atoms with Gasteiger partial charge in [0.2, 0.25) is 5.88 Å². The van der Waals surface area contributed by atoms with Crippen LogP contribution in [0.2, 0.25) is 5.02 Å². The van der Waals surface area contributed by atoms with E-state index in [-0.39, 0.29) is 11.6 Å². The third kappa shape index (κ3) is 1.65. The van der Waals surface area contributed by atoms with Crippen LogP contribution in [0.15, 0.2) is 24.4 Å². The van der Waals surface area contributed by atoms with Crippen LogP contribution in [0.4, 0.5) is 0 Å². The second kappa shape index (κ2) is 3.23. The quantitative estimate of drug-likeness (QED) is 0.676. The van der Waals surface area contributed by atoms with Crippen molar-refractivity contribution >= 4 is 11.6 Å². The molecule has 0 aliphatic heterocycles. The third-order valence-electron chi connectivity index (χ3n) is 1.72. The van der Waals surface area contributed by atoms with Gasteiger partial charge < -0.3 is 15.2 Å². The molecule has 5 heteroatoms. The van der Waals surface area contributed by atoms with Crippen LogP contribution in [0.3, 0.4) is 0 Å². The Morgan fingerprint density at radius 2 is 2.00 bits per heavy atom. The van der Waals surface area contributed by atoms with E-state index in [1.54, 1.807) is 6.07 Å². The maximum Gasteiger partial charge on any atom is 0.208 e. The summed E-state index contributed by atoms with van der Waals surface area (Å²) in [5, 5.41) is 18.7. The van der Waals surface area contributed by atoms with Gasteiger partial charge in [0.25, 0.3) is 0 Å². The van der Waals surface area contributed by atoms with Crippen molar-refractivity contribution < 1.29 is 10.2 Å². The normalized spacial score (nSPS) is 10.4. The van der Waals surface area contributed by atoms with Gasteiger partial charge in [-0.3, -0.25) is 0 Å². The summed E-state index contributed by atoms with van der Waals surface area (Å²) in [6.45, 7) is 0. The molecule has 0 unspecified atom stereocenters. The molecule has 1 heterocycles. The summed E-state index contributed by atoms with van der Waals surface area (Å²) in [6, 6.07) is 4.57. The molecule has 0 bridgehead atoms. The van der Waals surface area contributed by atoms with Crippen molar-refractivity contribution in [2.75, 3.05) is 0 Å². The zero-order valence-electron chi connectivity index (χ0n) is 7.03. The molecule has 1 aromatic heterocycles. The van der Waals surface area contributed by atoms with Gasteiger partial charge in [0.15, 0.2) is 0 Å². The van der Waals surface area contributed by atoms with Crippen LogP contribution in [0.5, 0.6) is 11.6 Å². The fraction of sp³-hybridized carbons (Fsp3) is 0. The van der Waals surface area contributed by atoms with Crippen LogP contribution in [0.25, 0.3) is 11.4 Å². The SMILES string of the molecule is Oc1cc(Cl)cc(-c2ncc(O)[nH]2)c1. The Kier molecular flexibility index (Phi) is 2.05. The molecule has 72 valence electrons. The van der Waals surface area contributed by atoms with Crippen LogP contribution < -0.4 is 0 Å². The number of nitrogens with zero attached hydrogens (tertiary/aromatic N) is 1. The molecule has 0 radical (unpaired) electrons. The van der Waals surface area contributed by atoms with Crippen LogP contribution in [0, 0.1) is 0 Å². The van der Waals surface area contributed by atoms with Crippen LogP contribution >= 0.6 is 11.6 Å². The Labute approximate surface area is 84.8 Å². The molecule has 1 aromatic carbocycles. The van der Waals surface area contributed by atoms with Gasteiger partial charge in [-0.2, -0.15) is 0 Å². The number of phenols is 1. The van der Waals surface area contributed by atoms with Crippen molar-refractivity contribution in [2.45, 2.75) is 0 Å². The number of imidazole rings is 1. The fourth-order valence-electron chi connectivity index (χ4n) is 1.17. The van der Waals surface area contributed by atoms with E-state index in [0.29, 0.717) is 16.4 Å². The molecule has 0 saturated heterocycles. The number of phenolic OH excluding ortho intramolecular Hbond substituents is 1. The summed E-state index contributed by atoms with van der Waals surface area (Å²) in [5.41, 5.74) is 0.621. The molecular weight excluding hydrogens is 204 g/mol. The summed E-state index contributed by atoms with van der Waals surface area (Å²) in [4.78, 5) is 6.51. The maximum atomic E-state index is 9.27. The van der Waals surface area contributed by atoms with E-state index in [0.717, 1.165) is 0 Å². The molecule has 3 N–H and O–H groups in total. The summed E-state index contributed by atoms with van der Waals surface area (Å²) in [7, 11) is 0. The van der Waals surface area contributed by atoms with Gasteiger partial charge in [-0.25, -0.2) is 4.98 Å². The molecule has 0 amide bonds. The predicted octanol–water partition coefficient (Wildman–Crippen LogP) is 2.14. The largest absolute Gasteiger partial charge is 0.508 e. The molecule has 0 atom stereocenters. The number of nitrogens with one attached hydrogen (secondary N) is 1. The van der Waals surface area contributed by atoms with Gasteiger partial charge in [0, 0.05) is 10.6 Å². The first kappa shape index (κ1) is 8.90. The highest BCUT2D eigenvalue weighted by atomic mass is 35.5. The number of benzene rings is 1.